The van der Waals surface area contributed by atoms with E-state index >= 15 is 0 Å². The molecular formula is C18H34N2O. The van der Waals surface area contributed by atoms with Crippen molar-refractivity contribution in [1.29, 1.82) is 0 Å². The monoisotopic (exact) mass is 294 g/mol. The normalized spacial score (nSPS) is 27.2. The van der Waals surface area contributed by atoms with Crippen molar-refractivity contribution >= 4 is 5.91 Å². The van der Waals surface area contributed by atoms with Crippen LogP contribution in [0.15, 0.2) is 0 Å². The molecule has 0 aromatic rings. The van der Waals surface area contributed by atoms with E-state index in [9.17, 15) is 4.79 Å². The summed E-state index contributed by atoms with van der Waals surface area (Å²) in [4.78, 5) is 15.3. The molecule has 1 N–H and O–H groups in total. The topological polar surface area (TPSA) is 32.3 Å². The molecule has 0 aromatic carbocycles. The number of hydrogen-bond acceptors (Lipinski definition) is 2. The molecule has 2 saturated heterocycles. The Balaban J connectivity index is 2.02. The minimum absolute atomic E-state index is 0.0766. The van der Waals surface area contributed by atoms with Gasteiger partial charge in [0.1, 0.15) is 0 Å². The van der Waals surface area contributed by atoms with Gasteiger partial charge in [-0.3, -0.25) is 4.79 Å². The van der Waals surface area contributed by atoms with Gasteiger partial charge in [-0.15, -0.1) is 0 Å². The predicted octanol–water partition coefficient (Wildman–Crippen LogP) is 3.44. The number of nitrogens with zero attached hydrogens (tertiary/aromatic N) is 1. The van der Waals surface area contributed by atoms with E-state index < -0.39 is 0 Å². The minimum Gasteiger partial charge on any atom is -0.342 e. The van der Waals surface area contributed by atoms with Gasteiger partial charge in [0.2, 0.25) is 5.91 Å². The lowest BCUT2D eigenvalue weighted by molar-refractivity contribution is -0.144. The maximum absolute atomic E-state index is 13.1. The SMILES string of the molecule is CCC1(C(=O)N2CCCC(C(C)(C)C)CC2)CCNCC1. The van der Waals surface area contributed by atoms with E-state index in [2.05, 4.69) is 37.9 Å². The molecule has 0 aliphatic carbocycles. The second-order valence-electron chi connectivity index (χ2n) is 8.17. The van der Waals surface area contributed by atoms with Crippen LogP contribution in [0.3, 0.4) is 0 Å². The number of amides is 1. The number of carbonyl (C=O) groups is 1. The van der Waals surface area contributed by atoms with Gasteiger partial charge < -0.3 is 10.2 Å². The number of rotatable bonds is 2. The minimum atomic E-state index is -0.0766. The summed E-state index contributed by atoms with van der Waals surface area (Å²) in [6, 6.07) is 0. The summed E-state index contributed by atoms with van der Waals surface area (Å²) in [6.07, 6.45) is 6.64. The van der Waals surface area contributed by atoms with Gasteiger partial charge in [-0.25, -0.2) is 0 Å². The smallest absolute Gasteiger partial charge is 0.228 e. The lowest BCUT2D eigenvalue weighted by Crippen LogP contribution is -2.49. The molecule has 0 spiro atoms. The fourth-order valence-corrected chi connectivity index (χ4v) is 4.12. The molecule has 1 atom stereocenters. The maximum atomic E-state index is 13.1. The van der Waals surface area contributed by atoms with Crippen LogP contribution in [0.1, 0.15) is 66.2 Å². The molecule has 0 aromatic heterocycles. The van der Waals surface area contributed by atoms with Gasteiger partial charge in [0.05, 0.1) is 5.41 Å². The highest BCUT2D eigenvalue weighted by atomic mass is 16.2. The Labute approximate surface area is 130 Å². The molecule has 1 amide bonds. The van der Waals surface area contributed by atoms with Gasteiger partial charge in [-0.2, -0.15) is 0 Å². The Hall–Kier alpha value is -0.570. The molecule has 2 heterocycles. The summed E-state index contributed by atoms with van der Waals surface area (Å²) in [5, 5.41) is 3.40. The number of carbonyl (C=O) groups excluding carboxylic acids is 1. The summed E-state index contributed by atoms with van der Waals surface area (Å²) in [5.74, 6) is 1.20. The molecule has 0 radical (unpaired) electrons. The van der Waals surface area contributed by atoms with Crippen LogP contribution in [0, 0.1) is 16.7 Å². The van der Waals surface area contributed by atoms with Gasteiger partial charge in [0.15, 0.2) is 0 Å². The highest BCUT2D eigenvalue weighted by molar-refractivity contribution is 5.83. The zero-order chi connectivity index (χ0) is 15.5. The average Bonchev–Trinajstić information content (AvgIpc) is 2.72. The Kier molecular flexibility index (Phi) is 5.34. The summed E-state index contributed by atoms with van der Waals surface area (Å²) >= 11 is 0. The van der Waals surface area contributed by atoms with Gasteiger partial charge >= 0.3 is 0 Å². The summed E-state index contributed by atoms with van der Waals surface area (Å²) in [6.45, 7) is 13.2. The first kappa shape index (κ1) is 16.8. The number of likely N-dealkylation sites (tertiary alicyclic amines) is 1. The first-order valence-corrected chi connectivity index (χ1v) is 8.89. The molecule has 21 heavy (non-hydrogen) atoms. The summed E-state index contributed by atoms with van der Waals surface area (Å²) in [7, 11) is 0. The lowest BCUT2D eigenvalue weighted by Gasteiger charge is -2.39. The summed E-state index contributed by atoms with van der Waals surface area (Å²) < 4.78 is 0. The Bertz CT molecular complexity index is 353. The number of piperidine rings is 1. The molecule has 3 heteroatoms. The third kappa shape index (κ3) is 3.80. The van der Waals surface area contributed by atoms with Crippen molar-refractivity contribution in [3.05, 3.63) is 0 Å². The van der Waals surface area contributed by atoms with E-state index in [1.54, 1.807) is 0 Å². The highest BCUT2D eigenvalue weighted by Crippen LogP contribution is 2.38. The molecule has 1 unspecified atom stereocenters. The molecule has 2 aliphatic rings. The van der Waals surface area contributed by atoms with E-state index in [1.165, 1.54) is 19.3 Å². The fourth-order valence-electron chi connectivity index (χ4n) is 4.12. The first-order valence-electron chi connectivity index (χ1n) is 8.89. The van der Waals surface area contributed by atoms with E-state index in [0.717, 1.165) is 51.4 Å². The van der Waals surface area contributed by atoms with Crippen LogP contribution in [0.2, 0.25) is 0 Å². The van der Waals surface area contributed by atoms with Crippen LogP contribution < -0.4 is 5.32 Å². The molecule has 122 valence electrons. The zero-order valence-electron chi connectivity index (χ0n) is 14.5. The van der Waals surface area contributed by atoms with Gasteiger partial charge in [0, 0.05) is 13.1 Å². The van der Waals surface area contributed by atoms with Crippen molar-refractivity contribution in [3.63, 3.8) is 0 Å². The second-order valence-corrected chi connectivity index (χ2v) is 8.17. The van der Waals surface area contributed by atoms with Crippen molar-refractivity contribution in [2.75, 3.05) is 26.2 Å². The van der Waals surface area contributed by atoms with Crippen LogP contribution >= 0.6 is 0 Å². The number of hydrogen-bond donors (Lipinski definition) is 1. The molecule has 2 fully saturated rings. The largest absolute Gasteiger partial charge is 0.342 e. The van der Waals surface area contributed by atoms with Crippen LogP contribution in [0.25, 0.3) is 0 Å². The average molecular weight is 294 g/mol. The van der Waals surface area contributed by atoms with Crippen LogP contribution in [0.4, 0.5) is 0 Å². The van der Waals surface area contributed by atoms with Crippen molar-refractivity contribution in [2.24, 2.45) is 16.7 Å². The Morgan fingerprint density at radius 2 is 1.86 bits per heavy atom. The van der Waals surface area contributed by atoms with Crippen molar-refractivity contribution in [1.82, 2.24) is 10.2 Å². The van der Waals surface area contributed by atoms with E-state index in [0.29, 0.717) is 11.3 Å². The molecule has 0 saturated carbocycles. The van der Waals surface area contributed by atoms with Crippen LogP contribution in [0.5, 0.6) is 0 Å². The van der Waals surface area contributed by atoms with Gasteiger partial charge in [-0.1, -0.05) is 27.7 Å². The lowest BCUT2D eigenvalue weighted by atomic mass is 9.75. The van der Waals surface area contributed by atoms with Crippen LogP contribution in [-0.4, -0.2) is 37.0 Å². The highest BCUT2D eigenvalue weighted by Gasteiger charge is 2.41. The van der Waals surface area contributed by atoms with E-state index in [-0.39, 0.29) is 5.41 Å². The van der Waals surface area contributed by atoms with Crippen molar-refractivity contribution in [2.45, 2.75) is 66.2 Å². The van der Waals surface area contributed by atoms with Crippen molar-refractivity contribution < 1.29 is 4.79 Å². The van der Waals surface area contributed by atoms with Crippen LogP contribution in [-0.2, 0) is 4.79 Å². The maximum Gasteiger partial charge on any atom is 0.228 e. The zero-order valence-corrected chi connectivity index (χ0v) is 14.5. The van der Waals surface area contributed by atoms with Gasteiger partial charge in [0.25, 0.3) is 0 Å². The molecule has 0 bridgehead atoms. The fraction of sp³-hybridized carbons (Fsp3) is 0.944. The predicted molar refractivity (Wildman–Crippen MR) is 88.2 cm³/mol. The van der Waals surface area contributed by atoms with Gasteiger partial charge in [-0.05, 0) is 62.9 Å². The molecule has 2 rings (SSSR count). The molecular weight excluding hydrogens is 260 g/mol. The third-order valence-electron chi connectivity index (χ3n) is 5.93. The third-order valence-corrected chi connectivity index (χ3v) is 5.93. The van der Waals surface area contributed by atoms with E-state index in [4.69, 9.17) is 0 Å². The molecule has 2 aliphatic heterocycles. The standard InChI is InChI=1S/C18H34N2O/c1-5-18(9-11-19-12-10-18)16(21)20-13-6-7-15(8-14-20)17(2,3)4/h15,19H,5-14H2,1-4H3. The van der Waals surface area contributed by atoms with E-state index in [1.807, 2.05) is 0 Å². The Morgan fingerprint density at radius 1 is 1.19 bits per heavy atom. The summed E-state index contributed by atoms with van der Waals surface area (Å²) in [5.41, 5.74) is 0.295. The quantitative estimate of drug-likeness (QED) is 0.846. The Morgan fingerprint density at radius 3 is 2.43 bits per heavy atom. The first-order chi connectivity index (χ1) is 9.89. The second kappa shape index (κ2) is 6.68. The number of nitrogens with one attached hydrogen (secondary N) is 1. The van der Waals surface area contributed by atoms with Crippen molar-refractivity contribution in [3.8, 4) is 0 Å². The molecule has 3 nitrogen and oxygen atoms in total.